The highest BCUT2D eigenvalue weighted by Gasteiger charge is 2.23. The van der Waals surface area contributed by atoms with Crippen molar-refractivity contribution in [2.24, 2.45) is 0 Å². The summed E-state index contributed by atoms with van der Waals surface area (Å²) in [4.78, 5) is 0. The van der Waals surface area contributed by atoms with E-state index in [4.69, 9.17) is 5.26 Å². The zero-order valence-corrected chi connectivity index (χ0v) is 7.66. The van der Waals surface area contributed by atoms with E-state index in [0.717, 1.165) is 12.3 Å². The van der Waals surface area contributed by atoms with Gasteiger partial charge >= 0.3 is 0 Å². The largest absolute Gasteiger partial charge is 0.198 e. The molecule has 0 heterocycles. The normalized spacial score (nSPS) is 15.3. The van der Waals surface area contributed by atoms with Crippen molar-refractivity contribution in [2.45, 2.75) is 31.6 Å². The van der Waals surface area contributed by atoms with Gasteiger partial charge in [0.15, 0.2) is 0 Å². The van der Waals surface area contributed by atoms with Crippen LogP contribution < -0.4 is 0 Å². The number of nitrogens with zero attached hydrogens (tertiary/aromatic N) is 1. The van der Waals surface area contributed by atoms with Gasteiger partial charge in [-0.05, 0) is 36.3 Å². The predicted octanol–water partition coefficient (Wildman–Crippen LogP) is 3.02. The fourth-order valence-corrected chi connectivity index (χ4v) is 1.62. The molecule has 0 unspecified atom stereocenters. The standard InChI is InChI=1S/C12H13N/c13-8-2-4-10-3-1-5-12(9-10)11-6-7-11/h1,3,5,9,11H,2,4,6-7H2. The van der Waals surface area contributed by atoms with Crippen molar-refractivity contribution in [3.63, 3.8) is 0 Å². The van der Waals surface area contributed by atoms with Gasteiger partial charge in [0.2, 0.25) is 0 Å². The van der Waals surface area contributed by atoms with Gasteiger partial charge in [-0.15, -0.1) is 0 Å². The smallest absolute Gasteiger partial charge is 0.0625 e. The fraction of sp³-hybridized carbons (Fsp3) is 0.417. The molecule has 0 spiro atoms. The van der Waals surface area contributed by atoms with Crippen LogP contribution in [0.3, 0.4) is 0 Å². The van der Waals surface area contributed by atoms with Gasteiger partial charge in [-0.25, -0.2) is 0 Å². The summed E-state index contributed by atoms with van der Waals surface area (Å²) < 4.78 is 0. The maximum atomic E-state index is 8.47. The lowest BCUT2D eigenvalue weighted by molar-refractivity contribution is 0.998. The minimum Gasteiger partial charge on any atom is -0.198 e. The third kappa shape index (κ3) is 2.09. The third-order valence-electron chi connectivity index (χ3n) is 2.53. The van der Waals surface area contributed by atoms with Crippen molar-refractivity contribution in [2.75, 3.05) is 0 Å². The first-order valence-electron chi connectivity index (χ1n) is 4.86. The van der Waals surface area contributed by atoms with Crippen LogP contribution >= 0.6 is 0 Å². The lowest BCUT2D eigenvalue weighted by Crippen LogP contribution is -1.86. The summed E-state index contributed by atoms with van der Waals surface area (Å²) in [6.07, 6.45) is 4.23. The molecule has 1 nitrogen and oxygen atoms in total. The van der Waals surface area contributed by atoms with E-state index in [2.05, 4.69) is 30.3 Å². The molecule has 0 N–H and O–H groups in total. The molecule has 1 aliphatic carbocycles. The molecular weight excluding hydrogens is 158 g/mol. The second kappa shape index (κ2) is 3.62. The molecule has 0 radical (unpaired) electrons. The number of aryl methyl sites for hydroxylation is 1. The Kier molecular flexibility index (Phi) is 2.31. The molecule has 1 aromatic carbocycles. The van der Waals surface area contributed by atoms with Gasteiger partial charge in [0.05, 0.1) is 6.07 Å². The average Bonchev–Trinajstić information content (AvgIpc) is 2.98. The summed E-state index contributed by atoms with van der Waals surface area (Å²) in [6.45, 7) is 0. The molecule has 13 heavy (non-hydrogen) atoms. The van der Waals surface area contributed by atoms with E-state index < -0.39 is 0 Å². The van der Waals surface area contributed by atoms with Gasteiger partial charge in [-0.2, -0.15) is 5.26 Å². The van der Waals surface area contributed by atoms with E-state index in [1.807, 2.05) is 0 Å². The first kappa shape index (κ1) is 8.31. The van der Waals surface area contributed by atoms with E-state index in [1.165, 1.54) is 24.0 Å². The van der Waals surface area contributed by atoms with Gasteiger partial charge in [-0.1, -0.05) is 24.3 Å². The molecule has 0 atom stereocenters. The minimum atomic E-state index is 0.633. The van der Waals surface area contributed by atoms with Crippen molar-refractivity contribution in [1.82, 2.24) is 0 Å². The van der Waals surface area contributed by atoms with Crippen LogP contribution in [0.1, 0.15) is 36.3 Å². The van der Waals surface area contributed by atoms with Gasteiger partial charge in [0.25, 0.3) is 0 Å². The van der Waals surface area contributed by atoms with Crippen LogP contribution in [0.2, 0.25) is 0 Å². The number of hydrogen-bond donors (Lipinski definition) is 0. The molecular formula is C12H13N. The molecule has 66 valence electrons. The maximum absolute atomic E-state index is 8.47. The number of rotatable bonds is 3. The number of benzene rings is 1. The molecule has 0 saturated heterocycles. The molecule has 0 aliphatic heterocycles. The van der Waals surface area contributed by atoms with Crippen LogP contribution in [0, 0.1) is 11.3 Å². The van der Waals surface area contributed by atoms with Gasteiger partial charge < -0.3 is 0 Å². The Labute approximate surface area is 79.0 Å². The van der Waals surface area contributed by atoms with Crippen LogP contribution in [0.25, 0.3) is 0 Å². The maximum Gasteiger partial charge on any atom is 0.0625 e. The van der Waals surface area contributed by atoms with Crippen molar-refractivity contribution >= 4 is 0 Å². The molecule has 0 amide bonds. The second-order valence-electron chi connectivity index (χ2n) is 3.68. The first-order valence-corrected chi connectivity index (χ1v) is 4.86. The van der Waals surface area contributed by atoms with E-state index in [1.54, 1.807) is 0 Å². The lowest BCUT2D eigenvalue weighted by atomic mass is 10.0. The zero-order chi connectivity index (χ0) is 9.10. The van der Waals surface area contributed by atoms with E-state index >= 15 is 0 Å². The van der Waals surface area contributed by atoms with Gasteiger partial charge in [-0.3, -0.25) is 0 Å². The minimum absolute atomic E-state index is 0.633. The van der Waals surface area contributed by atoms with Crippen molar-refractivity contribution < 1.29 is 0 Å². The Morgan fingerprint density at radius 3 is 2.92 bits per heavy atom. The van der Waals surface area contributed by atoms with Crippen molar-refractivity contribution in [1.29, 1.82) is 5.26 Å². The molecule has 2 rings (SSSR count). The van der Waals surface area contributed by atoms with Crippen molar-refractivity contribution in [3.8, 4) is 6.07 Å². The van der Waals surface area contributed by atoms with Gasteiger partial charge in [0.1, 0.15) is 0 Å². The topological polar surface area (TPSA) is 23.8 Å². The molecule has 1 aliphatic rings. The summed E-state index contributed by atoms with van der Waals surface area (Å²) in [5.41, 5.74) is 2.78. The summed E-state index contributed by atoms with van der Waals surface area (Å²) >= 11 is 0. The Bertz CT molecular complexity index is 331. The Balaban J connectivity index is 2.08. The fourth-order valence-electron chi connectivity index (χ4n) is 1.62. The SMILES string of the molecule is N#CCCc1cccc(C2CC2)c1. The molecule has 1 aromatic rings. The Morgan fingerprint density at radius 1 is 1.38 bits per heavy atom. The Morgan fingerprint density at radius 2 is 2.23 bits per heavy atom. The second-order valence-corrected chi connectivity index (χ2v) is 3.68. The highest BCUT2D eigenvalue weighted by molar-refractivity contribution is 5.29. The summed E-state index contributed by atoms with van der Waals surface area (Å²) in [5, 5.41) is 8.47. The quantitative estimate of drug-likeness (QED) is 0.685. The van der Waals surface area contributed by atoms with Crippen LogP contribution in [-0.4, -0.2) is 0 Å². The summed E-state index contributed by atoms with van der Waals surface area (Å²) in [5.74, 6) is 0.821. The highest BCUT2D eigenvalue weighted by Crippen LogP contribution is 2.40. The van der Waals surface area contributed by atoms with Crippen molar-refractivity contribution in [3.05, 3.63) is 35.4 Å². The number of nitriles is 1. The first-order chi connectivity index (χ1) is 6.40. The average molecular weight is 171 g/mol. The summed E-state index contributed by atoms with van der Waals surface area (Å²) in [7, 11) is 0. The van der Waals surface area contributed by atoms with Gasteiger partial charge in [0, 0.05) is 6.42 Å². The lowest BCUT2D eigenvalue weighted by Gasteiger charge is -2.01. The Hall–Kier alpha value is -1.29. The third-order valence-corrected chi connectivity index (χ3v) is 2.53. The summed E-state index contributed by atoms with van der Waals surface area (Å²) in [6, 6.07) is 10.9. The monoisotopic (exact) mass is 171 g/mol. The number of hydrogen-bond acceptors (Lipinski definition) is 1. The molecule has 0 aromatic heterocycles. The zero-order valence-electron chi connectivity index (χ0n) is 7.66. The molecule has 1 heteroatoms. The molecule has 0 bridgehead atoms. The van der Waals surface area contributed by atoms with Crippen LogP contribution in [0.5, 0.6) is 0 Å². The van der Waals surface area contributed by atoms with E-state index in [0.29, 0.717) is 6.42 Å². The van der Waals surface area contributed by atoms with Crippen LogP contribution in [0.4, 0.5) is 0 Å². The molecule has 1 saturated carbocycles. The van der Waals surface area contributed by atoms with E-state index in [-0.39, 0.29) is 0 Å². The van der Waals surface area contributed by atoms with Crippen LogP contribution in [0.15, 0.2) is 24.3 Å². The predicted molar refractivity (Wildman–Crippen MR) is 52.4 cm³/mol. The van der Waals surface area contributed by atoms with Crippen LogP contribution in [-0.2, 0) is 6.42 Å². The highest BCUT2D eigenvalue weighted by atomic mass is 14.3. The van der Waals surface area contributed by atoms with E-state index in [9.17, 15) is 0 Å². The molecule has 1 fully saturated rings.